The Kier molecular flexibility index (Phi) is 8.98. The van der Waals surface area contributed by atoms with Gasteiger partial charge in [-0.05, 0) is 51.0 Å². The first-order valence-corrected chi connectivity index (χ1v) is 14.1. The third kappa shape index (κ3) is 6.75. The quantitative estimate of drug-likeness (QED) is 0.432. The molecule has 1 saturated carbocycles. The molecule has 2 aromatic rings. The number of halogens is 2. The van der Waals surface area contributed by atoms with E-state index in [0.717, 1.165) is 56.0 Å². The minimum absolute atomic E-state index is 0.0839. The van der Waals surface area contributed by atoms with E-state index in [1.54, 1.807) is 0 Å². The summed E-state index contributed by atoms with van der Waals surface area (Å²) in [5, 5.41) is 12.0. The zero-order chi connectivity index (χ0) is 26.6. The summed E-state index contributed by atoms with van der Waals surface area (Å²) in [6.07, 6.45) is 4.09. The Balaban J connectivity index is 1.40. The number of carbonyl (C=O) groups excluding carboxylic acids is 1. The van der Waals surface area contributed by atoms with Crippen LogP contribution in [0.15, 0.2) is 30.3 Å². The van der Waals surface area contributed by atoms with E-state index in [-0.39, 0.29) is 43.6 Å². The molecular weight excluding hydrogens is 472 g/mol. The lowest BCUT2D eigenvalue weighted by atomic mass is 9.86. The van der Waals surface area contributed by atoms with Crippen molar-refractivity contribution < 1.29 is 13.6 Å². The molecule has 2 unspecified atom stereocenters. The van der Waals surface area contributed by atoms with Gasteiger partial charge >= 0.3 is 0 Å². The fourth-order valence-electron chi connectivity index (χ4n) is 6.16. The van der Waals surface area contributed by atoms with E-state index in [0.29, 0.717) is 18.0 Å². The number of amides is 1. The summed E-state index contributed by atoms with van der Waals surface area (Å²) in [5.41, 5.74) is 1.07. The van der Waals surface area contributed by atoms with E-state index in [2.05, 4.69) is 45.8 Å². The molecule has 2 fully saturated rings. The highest BCUT2D eigenvalue weighted by Gasteiger charge is 2.38. The van der Waals surface area contributed by atoms with Crippen LogP contribution in [0.2, 0.25) is 0 Å². The summed E-state index contributed by atoms with van der Waals surface area (Å²) >= 11 is 0. The molecule has 0 spiro atoms. The predicted molar refractivity (Wildman–Crippen MR) is 142 cm³/mol. The number of carbonyl (C=O) groups is 1. The second kappa shape index (κ2) is 12.0. The van der Waals surface area contributed by atoms with E-state index in [1.807, 2.05) is 37.3 Å². The van der Waals surface area contributed by atoms with Gasteiger partial charge in [-0.15, -0.1) is 10.2 Å². The third-order valence-electron chi connectivity index (χ3n) is 8.37. The molecule has 1 aromatic heterocycles. The van der Waals surface area contributed by atoms with Crippen molar-refractivity contribution in [3.63, 3.8) is 0 Å². The Morgan fingerprint density at radius 2 is 1.84 bits per heavy atom. The van der Waals surface area contributed by atoms with Crippen molar-refractivity contribution in [1.82, 2.24) is 25.0 Å². The minimum atomic E-state index is -2.63. The molecular formula is C29H43F2N5O. The zero-order valence-corrected chi connectivity index (χ0v) is 22.8. The topological polar surface area (TPSA) is 63.1 Å². The molecule has 1 aliphatic carbocycles. The van der Waals surface area contributed by atoms with E-state index < -0.39 is 5.92 Å². The fraction of sp³-hybridized carbons (Fsp3) is 0.690. The predicted octanol–water partition coefficient (Wildman–Crippen LogP) is 6.20. The Hall–Kier alpha value is -2.35. The van der Waals surface area contributed by atoms with Gasteiger partial charge in [0.2, 0.25) is 11.8 Å². The molecule has 2 aliphatic rings. The van der Waals surface area contributed by atoms with Crippen molar-refractivity contribution in [3.8, 4) is 0 Å². The van der Waals surface area contributed by atoms with E-state index in [1.165, 1.54) is 0 Å². The van der Waals surface area contributed by atoms with Gasteiger partial charge in [-0.3, -0.25) is 4.79 Å². The van der Waals surface area contributed by atoms with Crippen LogP contribution in [0, 0.1) is 12.8 Å². The summed E-state index contributed by atoms with van der Waals surface area (Å²) in [4.78, 5) is 15.6. The van der Waals surface area contributed by atoms with Crippen LogP contribution in [-0.2, 0) is 4.79 Å². The van der Waals surface area contributed by atoms with E-state index in [4.69, 9.17) is 0 Å². The van der Waals surface area contributed by atoms with Gasteiger partial charge in [-0.2, -0.15) is 0 Å². The summed E-state index contributed by atoms with van der Waals surface area (Å²) < 4.78 is 29.6. The molecule has 3 atom stereocenters. The van der Waals surface area contributed by atoms with Crippen molar-refractivity contribution in [2.24, 2.45) is 5.92 Å². The van der Waals surface area contributed by atoms with Crippen LogP contribution in [0.5, 0.6) is 0 Å². The number of alkyl halides is 2. The van der Waals surface area contributed by atoms with Gasteiger partial charge in [0.1, 0.15) is 11.6 Å². The van der Waals surface area contributed by atoms with Gasteiger partial charge in [-0.1, -0.05) is 51.1 Å². The van der Waals surface area contributed by atoms with Gasteiger partial charge in [-0.25, -0.2) is 8.78 Å². The van der Waals surface area contributed by atoms with Crippen LogP contribution < -0.4 is 5.32 Å². The molecule has 1 saturated heterocycles. The lowest BCUT2D eigenvalue weighted by Gasteiger charge is -2.41. The summed E-state index contributed by atoms with van der Waals surface area (Å²) in [5.74, 6) is -0.642. The van der Waals surface area contributed by atoms with E-state index >= 15 is 0 Å². The molecule has 0 bridgehead atoms. The molecule has 4 rings (SSSR count). The number of aromatic nitrogens is 3. The van der Waals surface area contributed by atoms with Crippen LogP contribution in [0.25, 0.3) is 0 Å². The Labute approximate surface area is 220 Å². The van der Waals surface area contributed by atoms with Crippen molar-refractivity contribution in [2.45, 2.75) is 109 Å². The number of hydrogen-bond donors (Lipinski definition) is 1. The maximum absolute atomic E-state index is 13.6. The normalized spacial score (nSPS) is 23.8. The van der Waals surface area contributed by atoms with Crippen molar-refractivity contribution in [1.29, 1.82) is 0 Å². The van der Waals surface area contributed by atoms with Gasteiger partial charge in [0.25, 0.3) is 0 Å². The van der Waals surface area contributed by atoms with Gasteiger partial charge < -0.3 is 14.8 Å². The number of hydrogen-bond acceptors (Lipinski definition) is 4. The maximum Gasteiger partial charge on any atom is 0.248 e. The fourth-order valence-corrected chi connectivity index (χ4v) is 6.16. The summed E-state index contributed by atoms with van der Waals surface area (Å²) in [7, 11) is 0. The SMILES string of the molecule is CCC1CC(n2c(C)nnc2C(C)C)CCN1CC[C@H](NC(=O)C1CCC(F)(F)CC1)c1ccccc1. The number of nitrogens with one attached hydrogen (secondary N) is 1. The second-order valence-electron chi connectivity index (χ2n) is 11.3. The maximum atomic E-state index is 13.6. The minimum Gasteiger partial charge on any atom is -0.349 e. The molecule has 6 nitrogen and oxygen atoms in total. The average molecular weight is 516 g/mol. The molecule has 8 heteroatoms. The molecule has 1 aromatic carbocycles. The van der Waals surface area contributed by atoms with E-state index in [9.17, 15) is 13.6 Å². The van der Waals surface area contributed by atoms with Crippen LogP contribution in [0.3, 0.4) is 0 Å². The largest absolute Gasteiger partial charge is 0.349 e. The van der Waals surface area contributed by atoms with Crippen molar-refractivity contribution in [2.75, 3.05) is 13.1 Å². The second-order valence-corrected chi connectivity index (χ2v) is 11.3. The van der Waals surface area contributed by atoms with Crippen LogP contribution in [0.1, 0.15) is 107 Å². The highest BCUT2D eigenvalue weighted by Crippen LogP contribution is 2.37. The Morgan fingerprint density at radius 1 is 1.14 bits per heavy atom. The molecule has 2 heterocycles. The molecule has 1 amide bonds. The number of benzene rings is 1. The van der Waals surface area contributed by atoms with Crippen LogP contribution in [0.4, 0.5) is 8.78 Å². The third-order valence-corrected chi connectivity index (χ3v) is 8.37. The van der Waals surface area contributed by atoms with Gasteiger partial charge in [0.15, 0.2) is 0 Å². The Bertz CT molecular complexity index is 1010. The molecule has 204 valence electrons. The first-order chi connectivity index (χ1) is 17.7. The number of aryl methyl sites for hydroxylation is 1. The lowest BCUT2D eigenvalue weighted by Crippen LogP contribution is -2.45. The number of piperidine rings is 1. The Morgan fingerprint density at radius 3 is 2.49 bits per heavy atom. The average Bonchev–Trinajstić information content (AvgIpc) is 3.28. The highest BCUT2D eigenvalue weighted by atomic mass is 19.3. The molecule has 0 radical (unpaired) electrons. The first kappa shape index (κ1) is 27.7. The smallest absolute Gasteiger partial charge is 0.248 e. The highest BCUT2D eigenvalue weighted by molar-refractivity contribution is 5.79. The molecule has 37 heavy (non-hydrogen) atoms. The molecule has 1 aliphatic heterocycles. The lowest BCUT2D eigenvalue weighted by molar-refractivity contribution is -0.130. The summed E-state index contributed by atoms with van der Waals surface area (Å²) in [6, 6.07) is 10.8. The van der Waals surface area contributed by atoms with Crippen molar-refractivity contribution in [3.05, 3.63) is 47.5 Å². The first-order valence-electron chi connectivity index (χ1n) is 14.1. The number of rotatable bonds is 9. The molecule has 1 N–H and O–H groups in total. The summed E-state index contributed by atoms with van der Waals surface area (Å²) in [6.45, 7) is 10.5. The van der Waals surface area contributed by atoms with Crippen molar-refractivity contribution >= 4 is 5.91 Å². The number of nitrogens with zero attached hydrogens (tertiary/aromatic N) is 4. The standard InChI is InChI=1S/C29H43F2N5O/c1-5-24-19-25(36-21(4)33-34-27(36)20(2)3)13-17-35(24)18-14-26(22-9-7-6-8-10-22)32-28(37)23-11-15-29(30,31)16-12-23/h6-10,20,23-26H,5,11-19H2,1-4H3,(H,32,37)/t24?,25?,26-/m0/s1. The van der Waals surface area contributed by atoms with Gasteiger partial charge in [0.05, 0.1) is 6.04 Å². The van der Waals surface area contributed by atoms with Crippen LogP contribution in [-0.4, -0.2) is 50.6 Å². The van der Waals surface area contributed by atoms with Crippen LogP contribution >= 0.6 is 0 Å². The monoisotopic (exact) mass is 515 g/mol. The zero-order valence-electron chi connectivity index (χ0n) is 22.8. The van der Waals surface area contributed by atoms with Gasteiger partial charge in [0, 0.05) is 49.9 Å². The number of likely N-dealkylation sites (tertiary alicyclic amines) is 1.